The topological polar surface area (TPSA) is 125 Å². The summed E-state index contributed by atoms with van der Waals surface area (Å²) in [5, 5.41) is 5.04. The summed E-state index contributed by atoms with van der Waals surface area (Å²) in [5.41, 5.74) is 6.64. The molecule has 1 fully saturated rings. The van der Waals surface area contributed by atoms with Crippen molar-refractivity contribution in [2.75, 3.05) is 20.3 Å². The van der Waals surface area contributed by atoms with Gasteiger partial charge in [0, 0.05) is 44.3 Å². The largest absolute Gasteiger partial charge is 0.481 e. The van der Waals surface area contributed by atoms with Gasteiger partial charge in [0.25, 0.3) is 5.91 Å². The highest BCUT2D eigenvalue weighted by Gasteiger charge is 2.36. The van der Waals surface area contributed by atoms with Crippen molar-refractivity contribution >= 4 is 31.5 Å². The standard InChI is InChI=1S/C28H36ClFN6O4Si/c1-39-24-15-22(23(30)16-32-24)27-33-26(34-36(27)17-40-10-11-41(2,3)4)28(38)35-9-8-19(25(31)37)14-21(35)13-18-6-5-7-20(29)12-18/h5-7,12,15-16,19,21H,8-11,13-14,17H2,1-4H3,(H2,31,37). The minimum absolute atomic E-state index is 0.0140. The van der Waals surface area contributed by atoms with Crippen LogP contribution < -0.4 is 10.5 Å². The summed E-state index contributed by atoms with van der Waals surface area (Å²) >= 11 is 6.20. The number of carbonyl (C=O) groups excluding carboxylic acids is 2. The third kappa shape index (κ3) is 7.89. The molecule has 1 aliphatic heterocycles. The molecule has 2 aromatic heterocycles. The molecule has 0 spiro atoms. The zero-order valence-electron chi connectivity index (χ0n) is 23.8. The Labute approximate surface area is 245 Å². The Kier molecular flexibility index (Phi) is 9.77. The van der Waals surface area contributed by atoms with Gasteiger partial charge in [-0.05, 0) is 43.0 Å². The number of aromatic nitrogens is 4. The van der Waals surface area contributed by atoms with Gasteiger partial charge in [0.2, 0.25) is 17.6 Å². The highest BCUT2D eigenvalue weighted by Crippen LogP contribution is 2.29. The number of halogens is 2. The van der Waals surface area contributed by atoms with Gasteiger partial charge >= 0.3 is 0 Å². The number of primary amides is 1. The number of hydrogen-bond donors (Lipinski definition) is 1. The highest BCUT2D eigenvalue weighted by molar-refractivity contribution is 6.76. The van der Waals surface area contributed by atoms with E-state index in [1.54, 1.807) is 11.0 Å². The van der Waals surface area contributed by atoms with Gasteiger partial charge in [-0.1, -0.05) is 43.4 Å². The molecule has 2 amide bonds. The fourth-order valence-electron chi connectivity index (χ4n) is 4.79. The second kappa shape index (κ2) is 13.1. The second-order valence-electron chi connectivity index (χ2n) is 11.4. The van der Waals surface area contributed by atoms with Crippen LogP contribution in [0.1, 0.15) is 29.0 Å². The molecule has 0 radical (unpaired) electrons. The minimum atomic E-state index is -1.34. The van der Waals surface area contributed by atoms with Gasteiger partial charge in [-0.25, -0.2) is 19.0 Å². The Morgan fingerprint density at radius 3 is 2.71 bits per heavy atom. The first-order valence-corrected chi connectivity index (χ1v) is 17.6. The van der Waals surface area contributed by atoms with Gasteiger partial charge in [0.05, 0.1) is 18.9 Å². The maximum atomic E-state index is 15.0. The Morgan fingerprint density at radius 1 is 1.24 bits per heavy atom. The molecular formula is C28H36ClFN6O4Si. The van der Waals surface area contributed by atoms with Gasteiger partial charge < -0.3 is 20.1 Å². The van der Waals surface area contributed by atoms with Crippen LogP contribution in [0.2, 0.25) is 30.7 Å². The molecule has 10 nitrogen and oxygen atoms in total. The minimum Gasteiger partial charge on any atom is -0.481 e. The molecule has 3 heterocycles. The van der Waals surface area contributed by atoms with Crippen molar-refractivity contribution in [2.45, 2.75) is 57.7 Å². The first kappa shape index (κ1) is 30.6. The third-order valence-electron chi connectivity index (χ3n) is 7.09. The van der Waals surface area contributed by atoms with Crippen LogP contribution in [0.4, 0.5) is 4.39 Å². The van der Waals surface area contributed by atoms with E-state index in [4.69, 9.17) is 26.8 Å². The highest BCUT2D eigenvalue weighted by atomic mass is 35.5. The van der Waals surface area contributed by atoms with Gasteiger partial charge in [0.15, 0.2) is 11.6 Å². The van der Waals surface area contributed by atoms with E-state index in [9.17, 15) is 14.0 Å². The van der Waals surface area contributed by atoms with Gasteiger partial charge in [-0.15, -0.1) is 5.10 Å². The van der Waals surface area contributed by atoms with Crippen molar-refractivity contribution in [3.8, 4) is 17.3 Å². The first-order chi connectivity index (χ1) is 19.4. The van der Waals surface area contributed by atoms with Crippen molar-refractivity contribution < 1.29 is 23.5 Å². The Hall–Kier alpha value is -3.35. The van der Waals surface area contributed by atoms with Gasteiger partial charge in [-0.2, -0.15) is 0 Å². The number of pyridine rings is 1. The van der Waals surface area contributed by atoms with Crippen LogP contribution >= 0.6 is 11.6 Å². The lowest BCUT2D eigenvalue weighted by Crippen LogP contribution is -2.49. The van der Waals surface area contributed by atoms with Gasteiger partial charge in [0.1, 0.15) is 6.73 Å². The molecule has 3 aromatic rings. The Balaban J connectivity index is 1.66. The van der Waals surface area contributed by atoms with Crippen molar-refractivity contribution in [3.05, 3.63) is 58.8 Å². The molecule has 1 aliphatic rings. The molecule has 220 valence electrons. The normalized spacial score (nSPS) is 17.5. The van der Waals surface area contributed by atoms with Crippen molar-refractivity contribution in [1.82, 2.24) is 24.6 Å². The summed E-state index contributed by atoms with van der Waals surface area (Å²) in [6, 6.07) is 9.37. The number of likely N-dealkylation sites (tertiary alicyclic amines) is 1. The number of rotatable bonds is 11. The molecule has 41 heavy (non-hydrogen) atoms. The van der Waals surface area contributed by atoms with Crippen molar-refractivity contribution in [1.29, 1.82) is 0 Å². The molecule has 2 atom stereocenters. The number of carbonyl (C=O) groups is 2. The average Bonchev–Trinajstić information content (AvgIpc) is 3.34. The zero-order valence-corrected chi connectivity index (χ0v) is 25.5. The predicted octanol–water partition coefficient (Wildman–Crippen LogP) is 4.40. The first-order valence-electron chi connectivity index (χ1n) is 13.5. The number of amides is 2. The number of hydrogen-bond acceptors (Lipinski definition) is 7. The molecule has 1 saturated heterocycles. The number of benzene rings is 1. The van der Waals surface area contributed by atoms with E-state index in [0.717, 1.165) is 17.8 Å². The zero-order chi connectivity index (χ0) is 29.7. The lowest BCUT2D eigenvalue weighted by molar-refractivity contribution is -0.123. The van der Waals surface area contributed by atoms with Crippen molar-refractivity contribution in [2.24, 2.45) is 11.7 Å². The summed E-state index contributed by atoms with van der Waals surface area (Å²) in [6.07, 6.45) is 2.34. The van der Waals surface area contributed by atoms with Crippen LogP contribution in [-0.4, -0.2) is 70.8 Å². The molecule has 0 bridgehead atoms. The lowest BCUT2D eigenvalue weighted by atomic mass is 9.87. The quantitative estimate of drug-likeness (QED) is 0.255. The summed E-state index contributed by atoms with van der Waals surface area (Å²) in [7, 11) is 0.0856. The van der Waals surface area contributed by atoms with E-state index in [0.29, 0.717) is 37.4 Å². The monoisotopic (exact) mass is 602 g/mol. The van der Waals surface area contributed by atoms with Gasteiger partial charge in [-0.3, -0.25) is 9.59 Å². The van der Waals surface area contributed by atoms with Crippen LogP contribution in [0, 0.1) is 11.7 Å². The second-order valence-corrected chi connectivity index (χ2v) is 17.5. The molecule has 13 heteroatoms. The van der Waals surface area contributed by atoms with E-state index in [-0.39, 0.29) is 41.8 Å². The summed E-state index contributed by atoms with van der Waals surface area (Å²) in [4.78, 5) is 36.0. The smallest absolute Gasteiger partial charge is 0.293 e. The summed E-state index contributed by atoms with van der Waals surface area (Å²) < 4.78 is 27.4. The average molecular weight is 603 g/mol. The van der Waals surface area contributed by atoms with Crippen LogP contribution in [0.3, 0.4) is 0 Å². The number of piperidine rings is 1. The fourth-order valence-corrected chi connectivity index (χ4v) is 5.76. The maximum Gasteiger partial charge on any atom is 0.293 e. The molecule has 4 rings (SSSR count). The molecule has 0 aliphatic carbocycles. The van der Waals surface area contributed by atoms with Crippen LogP contribution in [-0.2, 0) is 22.7 Å². The van der Waals surface area contributed by atoms with E-state index in [2.05, 4.69) is 34.7 Å². The van der Waals surface area contributed by atoms with E-state index < -0.39 is 25.7 Å². The number of nitrogens with two attached hydrogens (primary N) is 1. The molecule has 0 saturated carbocycles. The van der Waals surface area contributed by atoms with Crippen LogP contribution in [0.25, 0.3) is 11.4 Å². The molecule has 2 N–H and O–H groups in total. The number of methoxy groups -OCH3 is 1. The van der Waals surface area contributed by atoms with Crippen LogP contribution in [0.15, 0.2) is 36.5 Å². The Bertz CT molecular complexity index is 1400. The molecule has 2 unspecified atom stereocenters. The summed E-state index contributed by atoms with van der Waals surface area (Å²) in [5.74, 6) is -1.60. The number of nitrogens with zero attached hydrogens (tertiary/aromatic N) is 5. The Morgan fingerprint density at radius 2 is 2.02 bits per heavy atom. The van der Waals surface area contributed by atoms with E-state index >= 15 is 0 Å². The molecular weight excluding hydrogens is 567 g/mol. The fraction of sp³-hybridized carbons (Fsp3) is 0.464. The number of ether oxygens (including phenoxy) is 2. The lowest BCUT2D eigenvalue weighted by Gasteiger charge is -2.38. The van der Waals surface area contributed by atoms with E-state index in [1.165, 1.54) is 17.9 Å². The SMILES string of the molecule is COc1cc(-c2nc(C(=O)N3CCC(C(N)=O)CC3Cc3cccc(Cl)c3)nn2COCC[Si](C)(C)C)c(F)cn1. The van der Waals surface area contributed by atoms with Crippen LogP contribution in [0.5, 0.6) is 5.88 Å². The van der Waals surface area contributed by atoms with E-state index in [1.807, 2.05) is 18.2 Å². The summed E-state index contributed by atoms with van der Waals surface area (Å²) in [6.45, 7) is 7.52. The third-order valence-corrected chi connectivity index (χ3v) is 9.03. The molecule has 1 aromatic carbocycles. The predicted molar refractivity (Wildman–Crippen MR) is 156 cm³/mol. The van der Waals surface area contributed by atoms with Crippen molar-refractivity contribution in [3.63, 3.8) is 0 Å². The maximum absolute atomic E-state index is 15.0.